The number of anilines is 2. The van der Waals surface area contributed by atoms with Crippen molar-refractivity contribution in [1.29, 1.82) is 0 Å². The second kappa shape index (κ2) is 11.0. The van der Waals surface area contributed by atoms with Crippen LogP contribution in [0, 0.1) is 32.5 Å². The summed E-state index contributed by atoms with van der Waals surface area (Å²) >= 11 is 0. The normalized spacial score (nSPS) is 12.9. The number of halogens is 1. The zero-order chi connectivity index (χ0) is 28.6. The van der Waals surface area contributed by atoms with Gasteiger partial charge in [-0.25, -0.2) is 18.9 Å². The summed E-state index contributed by atoms with van der Waals surface area (Å²) in [6.07, 6.45) is 2.59. The molecule has 0 bridgehead atoms. The predicted molar refractivity (Wildman–Crippen MR) is 156 cm³/mol. The van der Waals surface area contributed by atoms with Crippen molar-refractivity contribution in [3.05, 3.63) is 82.4 Å². The number of carbonyl (C=O) groups excluding carboxylic acids is 1. The third-order valence-corrected chi connectivity index (χ3v) is 7.01. The van der Waals surface area contributed by atoms with Gasteiger partial charge in [-0.15, -0.1) is 0 Å². The minimum absolute atomic E-state index is 0.0223. The number of hydrogen-bond donors (Lipinski definition) is 2. The first-order valence-electron chi connectivity index (χ1n) is 13.5. The number of aryl methyl sites for hydroxylation is 3. The lowest BCUT2D eigenvalue weighted by atomic mass is 9.99. The molecule has 2 amide bonds. The Bertz CT molecular complexity index is 1580. The molecule has 0 fully saturated rings. The highest BCUT2D eigenvalue weighted by Gasteiger charge is 2.29. The monoisotopic (exact) mass is 542 g/mol. The molecule has 4 aromatic rings. The smallest absolute Gasteiger partial charge is 0.316 e. The topological polar surface area (TPSA) is 98.3 Å². The summed E-state index contributed by atoms with van der Waals surface area (Å²) in [4.78, 5) is 18.4. The van der Waals surface area contributed by atoms with Gasteiger partial charge in [0.05, 0.1) is 23.7 Å². The largest absolute Gasteiger partial charge is 0.491 e. The predicted octanol–water partition coefficient (Wildman–Crippen LogP) is 6.09. The standard InChI is InChI=1S/C31H35FN6O2/c1-18(2)17-40-27-8-6-7-20(4)28(27)38-29(22-9-10-26(24(32)14-22)35-31(33)39)23-16-37(12-11-25(23)36-38)30-21(5)13-19(3)15-34-30/h6-10,13-15,18H,11-12,16-17H2,1-5H3,(H3,33,35,39). The molecule has 2 aromatic heterocycles. The molecule has 0 unspecified atom stereocenters. The van der Waals surface area contributed by atoms with Gasteiger partial charge in [0.15, 0.2) is 0 Å². The van der Waals surface area contributed by atoms with E-state index in [1.165, 1.54) is 12.1 Å². The van der Waals surface area contributed by atoms with Crippen molar-refractivity contribution in [3.8, 4) is 22.7 Å². The van der Waals surface area contributed by atoms with E-state index in [4.69, 9.17) is 20.6 Å². The summed E-state index contributed by atoms with van der Waals surface area (Å²) in [5.74, 6) is 1.41. The van der Waals surface area contributed by atoms with Gasteiger partial charge in [0.25, 0.3) is 0 Å². The molecule has 5 rings (SSSR count). The Morgan fingerprint density at radius 3 is 2.65 bits per heavy atom. The quantitative estimate of drug-likeness (QED) is 0.295. The number of hydrogen-bond acceptors (Lipinski definition) is 5. The molecule has 0 spiro atoms. The number of nitrogens with two attached hydrogens (primary N) is 1. The minimum atomic E-state index is -0.822. The Kier molecular flexibility index (Phi) is 7.47. The number of ether oxygens (including phenoxy) is 1. The number of amides is 2. The van der Waals surface area contributed by atoms with Crippen LogP contribution in [0.2, 0.25) is 0 Å². The van der Waals surface area contributed by atoms with E-state index in [-0.39, 0.29) is 5.69 Å². The van der Waals surface area contributed by atoms with Crippen molar-refractivity contribution in [3.63, 3.8) is 0 Å². The first-order valence-corrected chi connectivity index (χ1v) is 13.5. The Morgan fingerprint density at radius 2 is 1.95 bits per heavy atom. The number of pyridine rings is 1. The molecule has 0 radical (unpaired) electrons. The van der Waals surface area contributed by atoms with E-state index in [9.17, 15) is 4.79 Å². The van der Waals surface area contributed by atoms with E-state index in [0.717, 1.165) is 57.4 Å². The van der Waals surface area contributed by atoms with Gasteiger partial charge < -0.3 is 20.7 Å². The van der Waals surface area contributed by atoms with Crippen LogP contribution < -0.4 is 20.7 Å². The highest BCUT2D eigenvalue weighted by Crippen LogP contribution is 2.38. The Morgan fingerprint density at radius 1 is 1.15 bits per heavy atom. The number of aromatic nitrogens is 3. The Hall–Kier alpha value is -4.40. The van der Waals surface area contributed by atoms with E-state index < -0.39 is 11.8 Å². The first kappa shape index (κ1) is 27.2. The molecule has 8 nitrogen and oxygen atoms in total. The lowest BCUT2D eigenvalue weighted by molar-refractivity contribution is 0.259. The van der Waals surface area contributed by atoms with Crippen molar-refractivity contribution >= 4 is 17.5 Å². The molecule has 208 valence electrons. The third kappa shape index (κ3) is 5.36. The molecule has 0 saturated carbocycles. The molecule has 2 aromatic carbocycles. The van der Waals surface area contributed by atoms with E-state index in [2.05, 4.69) is 37.1 Å². The van der Waals surface area contributed by atoms with Crippen molar-refractivity contribution in [2.24, 2.45) is 11.7 Å². The number of carbonyl (C=O) groups is 1. The van der Waals surface area contributed by atoms with Gasteiger partial charge in [0.2, 0.25) is 0 Å². The summed E-state index contributed by atoms with van der Waals surface area (Å²) in [5.41, 5.74) is 12.7. The fraction of sp³-hybridized carbons (Fsp3) is 0.323. The van der Waals surface area contributed by atoms with Crippen molar-refractivity contribution < 1.29 is 13.9 Å². The van der Waals surface area contributed by atoms with Crippen LogP contribution in [0.3, 0.4) is 0 Å². The first-order chi connectivity index (χ1) is 19.1. The number of benzene rings is 2. The lowest BCUT2D eigenvalue weighted by Gasteiger charge is -2.29. The average molecular weight is 543 g/mol. The molecule has 1 aliphatic rings. The summed E-state index contributed by atoms with van der Waals surface area (Å²) in [7, 11) is 0. The summed E-state index contributed by atoms with van der Waals surface area (Å²) in [6, 6.07) is 12.0. The SMILES string of the molecule is Cc1cnc(N2CCc3nn(-c4c(C)cccc4OCC(C)C)c(-c4ccc(NC(N)=O)c(F)c4)c3C2)c(C)c1. The van der Waals surface area contributed by atoms with Gasteiger partial charge in [0, 0.05) is 36.8 Å². The maximum absolute atomic E-state index is 15.2. The maximum atomic E-state index is 15.2. The van der Waals surface area contributed by atoms with Crippen molar-refractivity contribution in [2.75, 3.05) is 23.4 Å². The van der Waals surface area contributed by atoms with Crippen LogP contribution in [0.1, 0.15) is 41.8 Å². The maximum Gasteiger partial charge on any atom is 0.316 e. The Balaban J connectivity index is 1.68. The van der Waals surface area contributed by atoms with Crippen LogP contribution in [0.5, 0.6) is 5.75 Å². The van der Waals surface area contributed by atoms with Crippen LogP contribution in [0.4, 0.5) is 20.7 Å². The van der Waals surface area contributed by atoms with Gasteiger partial charge in [-0.1, -0.05) is 38.1 Å². The summed E-state index contributed by atoms with van der Waals surface area (Å²) < 4.78 is 23.4. The zero-order valence-electron chi connectivity index (χ0n) is 23.6. The van der Waals surface area contributed by atoms with Crippen LogP contribution in [-0.4, -0.2) is 33.9 Å². The van der Waals surface area contributed by atoms with E-state index in [1.807, 2.05) is 42.9 Å². The number of nitrogens with zero attached hydrogens (tertiary/aromatic N) is 4. The summed E-state index contributed by atoms with van der Waals surface area (Å²) in [6.45, 7) is 12.2. The molecule has 0 saturated heterocycles. The fourth-order valence-corrected chi connectivity index (χ4v) is 5.22. The average Bonchev–Trinajstić information content (AvgIpc) is 3.26. The van der Waals surface area contributed by atoms with Crippen molar-refractivity contribution in [1.82, 2.24) is 14.8 Å². The fourth-order valence-electron chi connectivity index (χ4n) is 5.22. The number of urea groups is 1. The van der Waals surface area contributed by atoms with E-state index in [0.29, 0.717) is 31.1 Å². The van der Waals surface area contributed by atoms with Gasteiger partial charge in [-0.3, -0.25) is 0 Å². The second-order valence-electron chi connectivity index (χ2n) is 10.8. The van der Waals surface area contributed by atoms with Crippen LogP contribution in [0.15, 0.2) is 48.7 Å². The van der Waals surface area contributed by atoms with E-state index >= 15 is 4.39 Å². The summed E-state index contributed by atoms with van der Waals surface area (Å²) in [5, 5.41) is 7.43. The van der Waals surface area contributed by atoms with Crippen molar-refractivity contribution in [2.45, 2.75) is 47.6 Å². The highest BCUT2D eigenvalue weighted by atomic mass is 19.1. The molecule has 3 N–H and O–H groups in total. The van der Waals surface area contributed by atoms with Gasteiger partial charge in [-0.2, -0.15) is 5.10 Å². The third-order valence-electron chi connectivity index (χ3n) is 7.01. The second-order valence-corrected chi connectivity index (χ2v) is 10.8. The van der Waals surface area contributed by atoms with Crippen LogP contribution in [-0.2, 0) is 13.0 Å². The molecular weight excluding hydrogens is 507 g/mol. The molecule has 0 aliphatic carbocycles. The molecule has 0 atom stereocenters. The molecule has 3 heterocycles. The highest BCUT2D eigenvalue weighted by molar-refractivity contribution is 5.88. The number of fused-ring (bicyclic) bond motifs is 1. The number of primary amides is 1. The zero-order valence-corrected chi connectivity index (χ0v) is 23.6. The molecular formula is C31H35FN6O2. The molecule has 9 heteroatoms. The van der Waals surface area contributed by atoms with Gasteiger partial charge in [0.1, 0.15) is 23.1 Å². The number of rotatable bonds is 7. The van der Waals surface area contributed by atoms with E-state index in [1.54, 1.807) is 6.07 Å². The van der Waals surface area contributed by atoms with Gasteiger partial charge in [-0.05, 0) is 61.6 Å². The van der Waals surface area contributed by atoms with Crippen LogP contribution in [0.25, 0.3) is 16.9 Å². The minimum Gasteiger partial charge on any atom is -0.491 e. The van der Waals surface area contributed by atoms with Gasteiger partial charge >= 0.3 is 6.03 Å². The molecule has 1 aliphatic heterocycles. The number of para-hydroxylation sites is 1. The lowest BCUT2D eigenvalue weighted by Crippen LogP contribution is -2.31. The molecule has 40 heavy (non-hydrogen) atoms. The van der Waals surface area contributed by atoms with Crippen LogP contribution >= 0.6 is 0 Å². The number of nitrogens with one attached hydrogen (secondary N) is 1. The Labute approximate surface area is 234 Å².